The first-order chi connectivity index (χ1) is 13.0. The van der Waals surface area contributed by atoms with Crippen molar-refractivity contribution < 1.29 is 17.9 Å². The lowest BCUT2D eigenvalue weighted by Gasteiger charge is -2.23. The number of rotatable bonds is 7. The van der Waals surface area contributed by atoms with Crippen LogP contribution in [0.25, 0.3) is 0 Å². The maximum absolute atomic E-state index is 13.0. The summed E-state index contributed by atoms with van der Waals surface area (Å²) in [5, 5.41) is 0. The summed E-state index contributed by atoms with van der Waals surface area (Å²) in [6.07, 6.45) is 0. The molecule has 0 aliphatic carbocycles. The topological polar surface area (TPSA) is 55.8 Å². The Hall–Kier alpha value is -2.99. The highest BCUT2D eigenvalue weighted by atomic mass is 32.2. The van der Waals surface area contributed by atoms with E-state index in [4.69, 9.17) is 9.47 Å². The van der Waals surface area contributed by atoms with Gasteiger partial charge in [-0.3, -0.25) is 4.31 Å². The Kier molecular flexibility index (Phi) is 5.66. The van der Waals surface area contributed by atoms with Gasteiger partial charge < -0.3 is 9.47 Å². The summed E-state index contributed by atoms with van der Waals surface area (Å²) in [4.78, 5) is 0.217. The fraction of sp³-hybridized carbons (Fsp3) is 0.143. The predicted octanol–water partition coefficient (Wildman–Crippen LogP) is 4.70. The molecule has 3 aromatic rings. The van der Waals surface area contributed by atoms with Crippen LogP contribution < -0.4 is 13.8 Å². The molecule has 3 rings (SSSR count). The number of anilines is 1. The first kappa shape index (κ1) is 18.8. The minimum absolute atomic E-state index is 0.217. The van der Waals surface area contributed by atoms with Crippen LogP contribution in [0.1, 0.15) is 6.92 Å². The van der Waals surface area contributed by atoms with E-state index in [0.29, 0.717) is 23.7 Å². The average molecular weight is 383 g/mol. The molecule has 0 fully saturated rings. The number of sulfonamides is 1. The zero-order valence-electron chi connectivity index (χ0n) is 15.2. The predicted molar refractivity (Wildman–Crippen MR) is 106 cm³/mol. The van der Waals surface area contributed by atoms with Crippen LogP contribution in [0.3, 0.4) is 0 Å². The number of hydrogen-bond acceptors (Lipinski definition) is 4. The number of methoxy groups -OCH3 is 1. The second-order valence-corrected chi connectivity index (χ2v) is 7.62. The van der Waals surface area contributed by atoms with Gasteiger partial charge in [0.25, 0.3) is 10.0 Å². The minimum atomic E-state index is -3.66. The van der Waals surface area contributed by atoms with Gasteiger partial charge in [-0.25, -0.2) is 8.42 Å². The molecule has 0 amide bonds. The van der Waals surface area contributed by atoms with E-state index >= 15 is 0 Å². The number of nitrogens with zero attached hydrogens (tertiary/aromatic N) is 1. The van der Waals surface area contributed by atoms with E-state index in [-0.39, 0.29) is 4.90 Å². The molecule has 3 aromatic carbocycles. The second kappa shape index (κ2) is 8.14. The van der Waals surface area contributed by atoms with Gasteiger partial charge in [0.15, 0.2) is 0 Å². The number of benzene rings is 3. The highest BCUT2D eigenvalue weighted by molar-refractivity contribution is 7.92. The Bertz CT molecular complexity index is 969. The van der Waals surface area contributed by atoms with Crippen LogP contribution in [0.4, 0.5) is 5.69 Å². The highest BCUT2D eigenvalue weighted by Gasteiger charge is 2.23. The number of ether oxygens (including phenoxy) is 2. The van der Waals surface area contributed by atoms with Gasteiger partial charge in [0.2, 0.25) is 0 Å². The van der Waals surface area contributed by atoms with Crippen molar-refractivity contribution in [3.05, 3.63) is 78.9 Å². The molecule has 6 heteroatoms. The molecule has 0 atom stereocenters. The summed E-state index contributed by atoms with van der Waals surface area (Å²) in [5.41, 5.74) is 0.578. The fourth-order valence-corrected chi connectivity index (χ4v) is 4.14. The monoisotopic (exact) mass is 383 g/mol. The largest absolute Gasteiger partial charge is 0.497 e. The van der Waals surface area contributed by atoms with Gasteiger partial charge in [-0.1, -0.05) is 18.2 Å². The highest BCUT2D eigenvalue weighted by Crippen LogP contribution is 2.28. The molecule has 0 unspecified atom stereocenters. The van der Waals surface area contributed by atoms with Crippen LogP contribution in [0.2, 0.25) is 0 Å². The molecule has 0 heterocycles. The zero-order valence-corrected chi connectivity index (χ0v) is 16.0. The summed E-state index contributed by atoms with van der Waals surface area (Å²) >= 11 is 0. The molecule has 0 N–H and O–H groups in total. The third kappa shape index (κ3) is 4.23. The molecule has 0 aliphatic heterocycles. The molecular formula is C21H21NO4S. The van der Waals surface area contributed by atoms with Crippen LogP contribution in [0, 0.1) is 0 Å². The lowest BCUT2D eigenvalue weighted by Crippen LogP contribution is -2.30. The lowest BCUT2D eigenvalue weighted by atomic mass is 10.3. The maximum atomic E-state index is 13.0. The Morgan fingerprint density at radius 1 is 0.778 bits per heavy atom. The third-order valence-corrected chi connectivity index (χ3v) is 5.96. The zero-order chi connectivity index (χ0) is 19.3. The first-order valence-corrected chi connectivity index (χ1v) is 9.98. The SMILES string of the molecule is CCN(c1ccc(Oc2ccccc2)cc1)S(=O)(=O)c1ccc(OC)cc1. The van der Waals surface area contributed by atoms with Gasteiger partial charge in [-0.15, -0.1) is 0 Å². The van der Waals surface area contributed by atoms with Crippen molar-refractivity contribution in [3.8, 4) is 17.2 Å². The van der Waals surface area contributed by atoms with Crippen molar-refractivity contribution in [1.29, 1.82) is 0 Å². The maximum Gasteiger partial charge on any atom is 0.264 e. The molecule has 140 valence electrons. The van der Waals surface area contributed by atoms with E-state index < -0.39 is 10.0 Å². The van der Waals surface area contributed by atoms with Gasteiger partial charge in [-0.2, -0.15) is 0 Å². The van der Waals surface area contributed by atoms with Crippen molar-refractivity contribution in [2.45, 2.75) is 11.8 Å². The second-order valence-electron chi connectivity index (χ2n) is 5.75. The van der Waals surface area contributed by atoms with E-state index in [9.17, 15) is 8.42 Å². The van der Waals surface area contributed by atoms with Crippen molar-refractivity contribution in [2.75, 3.05) is 18.0 Å². The summed E-state index contributed by atoms with van der Waals surface area (Å²) in [7, 11) is -2.12. The Balaban J connectivity index is 1.83. The molecule has 0 aromatic heterocycles. The van der Waals surface area contributed by atoms with Gasteiger partial charge >= 0.3 is 0 Å². The van der Waals surface area contributed by atoms with Gasteiger partial charge in [-0.05, 0) is 67.6 Å². The van der Waals surface area contributed by atoms with Crippen LogP contribution in [0.5, 0.6) is 17.2 Å². The Labute approximate surface area is 159 Å². The standard InChI is InChI=1S/C21H21NO4S/c1-3-22(27(23,24)21-15-13-18(25-2)14-16-21)17-9-11-20(12-10-17)26-19-7-5-4-6-8-19/h4-16H,3H2,1-2H3. The molecular weight excluding hydrogens is 362 g/mol. The van der Waals surface area contributed by atoms with E-state index in [1.165, 1.54) is 4.31 Å². The number of hydrogen-bond donors (Lipinski definition) is 0. The average Bonchev–Trinajstić information content (AvgIpc) is 2.70. The molecule has 27 heavy (non-hydrogen) atoms. The third-order valence-electron chi connectivity index (χ3n) is 4.04. The van der Waals surface area contributed by atoms with Gasteiger partial charge in [0, 0.05) is 6.54 Å². The Morgan fingerprint density at radius 2 is 1.33 bits per heavy atom. The van der Waals surface area contributed by atoms with Crippen molar-refractivity contribution in [1.82, 2.24) is 0 Å². The molecule has 0 bridgehead atoms. The molecule has 0 saturated heterocycles. The summed E-state index contributed by atoms with van der Waals surface area (Å²) in [6.45, 7) is 2.11. The fourth-order valence-electron chi connectivity index (χ4n) is 2.67. The lowest BCUT2D eigenvalue weighted by molar-refractivity contribution is 0.414. The van der Waals surface area contributed by atoms with Crippen LogP contribution >= 0.6 is 0 Å². The van der Waals surface area contributed by atoms with Crippen LogP contribution in [-0.2, 0) is 10.0 Å². The van der Waals surface area contributed by atoms with E-state index in [0.717, 1.165) is 5.75 Å². The van der Waals surface area contributed by atoms with E-state index in [1.807, 2.05) is 30.3 Å². The quantitative estimate of drug-likeness (QED) is 0.593. The molecule has 0 radical (unpaired) electrons. The van der Waals surface area contributed by atoms with Crippen molar-refractivity contribution in [2.24, 2.45) is 0 Å². The molecule has 0 spiro atoms. The van der Waals surface area contributed by atoms with Crippen LogP contribution in [0.15, 0.2) is 83.8 Å². The van der Waals surface area contributed by atoms with Gasteiger partial charge in [0.1, 0.15) is 17.2 Å². The van der Waals surface area contributed by atoms with Crippen molar-refractivity contribution >= 4 is 15.7 Å². The number of para-hydroxylation sites is 1. The smallest absolute Gasteiger partial charge is 0.264 e. The molecule has 0 saturated carbocycles. The van der Waals surface area contributed by atoms with Crippen molar-refractivity contribution in [3.63, 3.8) is 0 Å². The summed E-state index contributed by atoms with van der Waals surface area (Å²) < 4.78 is 38.2. The first-order valence-electron chi connectivity index (χ1n) is 8.54. The van der Waals surface area contributed by atoms with Gasteiger partial charge in [0.05, 0.1) is 17.7 Å². The molecule has 5 nitrogen and oxygen atoms in total. The van der Waals surface area contributed by atoms with E-state index in [1.54, 1.807) is 62.6 Å². The summed E-state index contributed by atoms with van der Waals surface area (Å²) in [6, 6.07) is 22.8. The van der Waals surface area contributed by atoms with E-state index in [2.05, 4.69) is 0 Å². The molecule has 0 aliphatic rings. The summed E-state index contributed by atoms with van der Waals surface area (Å²) in [5.74, 6) is 1.98. The van der Waals surface area contributed by atoms with Crippen LogP contribution in [-0.4, -0.2) is 22.1 Å². The Morgan fingerprint density at radius 3 is 1.89 bits per heavy atom. The minimum Gasteiger partial charge on any atom is -0.497 e. The normalized spacial score (nSPS) is 11.0.